The Bertz CT molecular complexity index is 1590. The second-order valence-electron chi connectivity index (χ2n) is 12.9. The SMILES string of the molecule is O=C(N[C@H](CC[C@@H](CC(=O)[C@H](CCN1CCOCC1)NC(=O)OCc1ccccc1)Cc1ccccc1)Cc1ccccc1)OCc1cncs1. The van der Waals surface area contributed by atoms with Gasteiger partial charge in [0.2, 0.25) is 0 Å². The molecule has 3 atom stereocenters. The predicted molar refractivity (Wildman–Crippen MR) is 197 cm³/mol. The molecular weight excluding hydrogens is 665 g/mol. The Kier molecular flexibility index (Phi) is 15.5. The largest absolute Gasteiger partial charge is 0.445 e. The summed E-state index contributed by atoms with van der Waals surface area (Å²) in [4.78, 5) is 47.2. The van der Waals surface area contributed by atoms with Crippen molar-refractivity contribution in [2.75, 3.05) is 32.8 Å². The number of morpholine rings is 1. The molecule has 0 spiro atoms. The first kappa shape index (κ1) is 37.7. The number of carbonyl (C=O) groups is 3. The summed E-state index contributed by atoms with van der Waals surface area (Å²) in [5, 5.41) is 5.98. The lowest BCUT2D eigenvalue weighted by molar-refractivity contribution is -0.122. The lowest BCUT2D eigenvalue weighted by atomic mass is 9.86. The van der Waals surface area contributed by atoms with Crippen molar-refractivity contribution in [3.63, 3.8) is 0 Å². The highest BCUT2D eigenvalue weighted by Crippen LogP contribution is 2.22. The van der Waals surface area contributed by atoms with Crippen LogP contribution in [0.15, 0.2) is 103 Å². The summed E-state index contributed by atoms with van der Waals surface area (Å²) in [5.41, 5.74) is 4.81. The number of thiazole rings is 1. The number of hydrogen-bond acceptors (Lipinski definition) is 9. The second kappa shape index (κ2) is 20.9. The molecule has 1 aromatic heterocycles. The molecule has 2 amide bonds. The zero-order valence-electron chi connectivity index (χ0n) is 29.0. The van der Waals surface area contributed by atoms with Gasteiger partial charge in [0.1, 0.15) is 13.2 Å². The second-order valence-corrected chi connectivity index (χ2v) is 13.9. The fourth-order valence-electron chi connectivity index (χ4n) is 6.23. The molecular formula is C40H48N4O6S. The van der Waals surface area contributed by atoms with Gasteiger partial charge < -0.3 is 24.8 Å². The van der Waals surface area contributed by atoms with E-state index < -0.39 is 18.2 Å². The Labute approximate surface area is 304 Å². The van der Waals surface area contributed by atoms with Crippen molar-refractivity contribution >= 4 is 29.3 Å². The lowest BCUT2D eigenvalue weighted by Crippen LogP contribution is -2.45. The predicted octanol–water partition coefficient (Wildman–Crippen LogP) is 6.60. The molecule has 270 valence electrons. The zero-order valence-corrected chi connectivity index (χ0v) is 29.8. The average Bonchev–Trinajstić information content (AvgIpc) is 3.69. The maximum Gasteiger partial charge on any atom is 0.408 e. The van der Waals surface area contributed by atoms with Crippen LogP contribution in [-0.2, 0) is 45.1 Å². The van der Waals surface area contributed by atoms with E-state index in [2.05, 4.69) is 32.7 Å². The number of Topliss-reactive ketones (excluding diaryl/α,β-unsaturated/α-hetero) is 1. The number of carbonyl (C=O) groups excluding carboxylic acids is 3. The molecule has 0 bridgehead atoms. The molecule has 1 aliphatic rings. The van der Waals surface area contributed by atoms with Crippen LogP contribution in [0.25, 0.3) is 0 Å². The van der Waals surface area contributed by atoms with Gasteiger partial charge in [0, 0.05) is 38.3 Å². The average molecular weight is 713 g/mol. The number of aromatic nitrogens is 1. The highest BCUT2D eigenvalue weighted by Gasteiger charge is 2.27. The van der Waals surface area contributed by atoms with Crippen molar-refractivity contribution < 1.29 is 28.6 Å². The van der Waals surface area contributed by atoms with Gasteiger partial charge in [-0.3, -0.25) is 14.7 Å². The van der Waals surface area contributed by atoms with Crippen molar-refractivity contribution in [1.29, 1.82) is 0 Å². The van der Waals surface area contributed by atoms with E-state index in [1.165, 1.54) is 11.3 Å². The minimum absolute atomic E-state index is 0.0267. The van der Waals surface area contributed by atoms with E-state index in [0.29, 0.717) is 51.9 Å². The standard InChI is InChI=1S/C40H48N4O6S/c45-38(37(18-19-44-20-22-48-23-21-44)43-40(47)49-28-33-14-8-3-9-15-33)26-34(24-31-10-4-1-5-11-31)16-17-35(25-32-12-6-2-7-13-32)42-39(46)50-29-36-27-41-30-51-36/h1-15,27,30,34-35,37H,16-26,28-29H2,(H,42,46)(H,43,47)/t34-,35-,37+/m1/s1. The van der Waals surface area contributed by atoms with Crippen LogP contribution >= 0.6 is 11.3 Å². The van der Waals surface area contributed by atoms with Gasteiger partial charge in [0.15, 0.2) is 5.78 Å². The number of rotatable bonds is 19. The van der Waals surface area contributed by atoms with E-state index in [1.807, 2.05) is 78.9 Å². The highest BCUT2D eigenvalue weighted by molar-refractivity contribution is 7.09. The summed E-state index contributed by atoms with van der Waals surface area (Å²) in [6.07, 6.45) is 3.98. The Morgan fingerprint density at radius 3 is 2.00 bits per heavy atom. The summed E-state index contributed by atoms with van der Waals surface area (Å²) < 4.78 is 16.5. The summed E-state index contributed by atoms with van der Waals surface area (Å²) >= 11 is 1.44. The van der Waals surface area contributed by atoms with E-state index in [-0.39, 0.29) is 37.4 Å². The molecule has 0 saturated carbocycles. The quantitative estimate of drug-likeness (QED) is 0.112. The van der Waals surface area contributed by atoms with Gasteiger partial charge >= 0.3 is 12.2 Å². The molecule has 0 radical (unpaired) electrons. The van der Waals surface area contributed by atoms with Crippen LogP contribution in [0.1, 0.15) is 47.3 Å². The third-order valence-electron chi connectivity index (χ3n) is 8.99. The lowest BCUT2D eigenvalue weighted by Gasteiger charge is -2.29. The van der Waals surface area contributed by atoms with Crippen LogP contribution in [0.5, 0.6) is 0 Å². The number of ether oxygens (including phenoxy) is 3. The zero-order chi connectivity index (χ0) is 35.5. The third-order valence-corrected chi connectivity index (χ3v) is 9.74. The molecule has 11 heteroatoms. The van der Waals surface area contributed by atoms with Gasteiger partial charge in [0.05, 0.1) is 29.6 Å². The van der Waals surface area contributed by atoms with E-state index in [0.717, 1.165) is 34.7 Å². The molecule has 0 unspecified atom stereocenters. The smallest absolute Gasteiger partial charge is 0.408 e. The van der Waals surface area contributed by atoms with Gasteiger partial charge in [0.25, 0.3) is 0 Å². The van der Waals surface area contributed by atoms with Crippen LogP contribution in [0.4, 0.5) is 9.59 Å². The van der Waals surface area contributed by atoms with E-state index in [1.54, 1.807) is 11.7 Å². The molecule has 10 nitrogen and oxygen atoms in total. The van der Waals surface area contributed by atoms with Gasteiger partial charge in [-0.2, -0.15) is 0 Å². The topological polar surface area (TPSA) is 119 Å². The number of alkyl carbamates (subject to hydrolysis) is 2. The van der Waals surface area contributed by atoms with Gasteiger partial charge in [-0.15, -0.1) is 11.3 Å². The molecule has 1 fully saturated rings. The van der Waals surface area contributed by atoms with Crippen molar-refractivity contribution in [1.82, 2.24) is 20.5 Å². The summed E-state index contributed by atoms with van der Waals surface area (Å²) in [6.45, 7) is 3.83. The first-order chi connectivity index (χ1) is 25.0. The van der Waals surface area contributed by atoms with Crippen LogP contribution in [0.2, 0.25) is 0 Å². The molecule has 4 aromatic rings. The van der Waals surface area contributed by atoms with Gasteiger partial charge in [-0.1, -0.05) is 91.0 Å². The first-order valence-corrected chi connectivity index (χ1v) is 18.6. The number of ketones is 1. The van der Waals surface area contributed by atoms with Crippen LogP contribution < -0.4 is 10.6 Å². The summed E-state index contributed by atoms with van der Waals surface area (Å²) in [7, 11) is 0. The molecule has 2 N–H and O–H groups in total. The number of nitrogens with one attached hydrogen (secondary N) is 2. The fraction of sp³-hybridized carbons (Fsp3) is 0.400. The molecule has 1 saturated heterocycles. The Morgan fingerprint density at radius 2 is 1.35 bits per heavy atom. The molecule has 3 aromatic carbocycles. The van der Waals surface area contributed by atoms with Crippen LogP contribution in [0.3, 0.4) is 0 Å². The first-order valence-electron chi connectivity index (χ1n) is 17.7. The number of benzene rings is 3. The summed E-state index contributed by atoms with van der Waals surface area (Å²) in [6, 6.07) is 28.7. The summed E-state index contributed by atoms with van der Waals surface area (Å²) in [5.74, 6) is -0.0569. The Hall–Kier alpha value is -4.58. The van der Waals surface area contributed by atoms with Crippen molar-refractivity contribution in [3.8, 4) is 0 Å². The minimum atomic E-state index is -0.700. The normalized spacial score (nSPS) is 14.9. The number of hydrogen-bond donors (Lipinski definition) is 2. The maximum absolute atomic E-state index is 14.1. The Balaban J connectivity index is 1.26. The number of nitrogens with zero attached hydrogens (tertiary/aromatic N) is 2. The maximum atomic E-state index is 14.1. The van der Waals surface area contributed by atoms with Gasteiger partial charge in [-0.25, -0.2) is 9.59 Å². The van der Waals surface area contributed by atoms with Crippen LogP contribution in [-0.4, -0.2) is 72.8 Å². The van der Waals surface area contributed by atoms with Crippen molar-refractivity contribution in [2.45, 2.75) is 63.8 Å². The molecule has 1 aliphatic heterocycles. The van der Waals surface area contributed by atoms with Gasteiger partial charge in [-0.05, 0) is 54.7 Å². The third kappa shape index (κ3) is 13.9. The van der Waals surface area contributed by atoms with E-state index in [9.17, 15) is 14.4 Å². The van der Waals surface area contributed by atoms with E-state index in [4.69, 9.17) is 14.2 Å². The fourth-order valence-corrected chi connectivity index (χ4v) is 6.73. The van der Waals surface area contributed by atoms with E-state index >= 15 is 0 Å². The molecule has 0 aliphatic carbocycles. The Morgan fingerprint density at radius 1 is 0.745 bits per heavy atom. The number of amides is 2. The molecule has 51 heavy (non-hydrogen) atoms. The van der Waals surface area contributed by atoms with Crippen molar-refractivity contribution in [2.24, 2.45) is 5.92 Å². The van der Waals surface area contributed by atoms with Crippen LogP contribution in [0, 0.1) is 5.92 Å². The molecule has 5 rings (SSSR count). The minimum Gasteiger partial charge on any atom is -0.445 e. The monoisotopic (exact) mass is 712 g/mol. The highest BCUT2D eigenvalue weighted by atomic mass is 32.1. The molecule has 2 heterocycles. The van der Waals surface area contributed by atoms with Crippen molar-refractivity contribution in [3.05, 3.63) is 124 Å².